The van der Waals surface area contributed by atoms with Crippen molar-refractivity contribution in [3.8, 4) is 0 Å². The lowest BCUT2D eigenvalue weighted by Gasteiger charge is -2.58. The summed E-state index contributed by atoms with van der Waals surface area (Å²) < 4.78 is 0. The Hall–Kier alpha value is -0.520. The average Bonchev–Trinajstić information content (AvgIpc) is 2.92. The first-order valence-electron chi connectivity index (χ1n) is 11.0. The summed E-state index contributed by atoms with van der Waals surface area (Å²) in [5.74, 6) is 3.62. The van der Waals surface area contributed by atoms with E-state index in [1.807, 2.05) is 5.57 Å². The normalized spacial score (nSPS) is 49.0. The van der Waals surface area contributed by atoms with Gasteiger partial charge in [0.2, 0.25) is 0 Å². The lowest BCUT2D eigenvalue weighted by atomic mass is 9.46. The second kappa shape index (κ2) is 5.74. The molecule has 0 nitrogen and oxygen atoms in total. The van der Waals surface area contributed by atoms with Gasteiger partial charge < -0.3 is 0 Å². The fourth-order valence-corrected chi connectivity index (χ4v) is 7.86. The van der Waals surface area contributed by atoms with E-state index in [0.29, 0.717) is 16.2 Å². The number of hydrogen-bond donors (Lipinski definition) is 0. The summed E-state index contributed by atoms with van der Waals surface area (Å²) in [7, 11) is 0. The van der Waals surface area contributed by atoms with Crippen LogP contribution in [0.4, 0.5) is 0 Å². The maximum absolute atomic E-state index is 2.77. The van der Waals surface area contributed by atoms with E-state index in [2.05, 4.69) is 53.7 Å². The Morgan fingerprint density at radius 2 is 1.80 bits per heavy atom. The van der Waals surface area contributed by atoms with Gasteiger partial charge in [-0.15, -0.1) is 0 Å². The van der Waals surface area contributed by atoms with Gasteiger partial charge in [-0.1, -0.05) is 51.0 Å². The monoisotopic (exact) mass is 340 g/mol. The molecule has 0 heteroatoms. The molecule has 6 atom stereocenters. The lowest BCUT2D eigenvalue weighted by molar-refractivity contribution is -0.000369. The maximum Gasteiger partial charge on any atom is -0.00849 e. The second-order valence-electron chi connectivity index (χ2n) is 11.3. The first-order valence-corrected chi connectivity index (χ1v) is 11.0. The zero-order valence-electron chi connectivity index (χ0n) is 17.6. The third-order valence-corrected chi connectivity index (χ3v) is 9.57. The number of rotatable bonds is 1. The minimum absolute atomic E-state index is 0.521. The smallest absolute Gasteiger partial charge is 0.00849 e. The van der Waals surface area contributed by atoms with Crippen LogP contribution in [-0.2, 0) is 0 Å². The minimum Gasteiger partial charge on any atom is -0.0884 e. The first kappa shape index (κ1) is 17.9. The molecule has 0 aliphatic heterocycles. The zero-order valence-corrected chi connectivity index (χ0v) is 17.6. The largest absolute Gasteiger partial charge is 0.0884 e. The summed E-state index contributed by atoms with van der Waals surface area (Å²) in [6, 6.07) is 0. The lowest BCUT2D eigenvalue weighted by Crippen LogP contribution is -2.48. The van der Waals surface area contributed by atoms with Crippen LogP contribution < -0.4 is 0 Å². The molecule has 0 aromatic heterocycles. The zero-order chi connectivity index (χ0) is 18.0. The number of hydrogen-bond acceptors (Lipinski definition) is 0. The summed E-state index contributed by atoms with van der Waals surface area (Å²) >= 11 is 0. The van der Waals surface area contributed by atoms with Crippen molar-refractivity contribution in [1.82, 2.24) is 0 Å². The Labute approximate surface area is 156 Å². The highest BCUT2D eigenvalue weighted by Gasteiger charge is 2.57. The Kier molecular flexibility index (Phi) is 4.10. The van der Waals surface area contributed by atoms with Crippen LogP contribution >= 0.6 is 0 Å². The molecule has 25 heavy (non-hydrogen) atoms. The highest BCUT2D eigenvalue weighted by Crippen LogP contribution is 2.67. The van der Waals surface area contributed by atoms with Crippen LogP contribution in [0.2, 0.25) is 0 Å². The molecule has 0 aromatic rings. The Morgan fingerprint density at radius 3 is 2.52 bits per heavy atom. The van der Waals surface area contributed by atoms with Gasteiger partial charge in [-0.2, -0.15) is 0 Å². The van der Waals surface area contributed by atoms with Crippen molar-refractivity contribution in [2.75, 3.05) is 0 Å². The molecule has 4 aliphatic carbocycles. The molecule has 0 radical (unpaired) electrons. The molecule has 3 saturated carbocycles. The van der Waals surface area contributed by atoms with E-state index in [1.54, 1.807) is 5.57 Å². The molecule has 0 amide bonds. The van der Waals surface area contributed by atoms with E-state index < -0.39 is 0 Å². The van der Waals surface area contributed by atoms with Crippen LogP contribution in [-0.4, -0.2) is 0 Å². The fourth-order valence-electron chi connectivity index (χ4n) is 7.86. The van der Waals surface area contributed by atoms with Gasteiger partial charge in [0.15, 0.2) is 0 Å². The van der Waals surface area contributed by atoms with Crippen molar-refractivity contribution in [3.05, 3.63) is 23.3 Å². The van der Waals surface area contributed by atoms with Crippen molar-refractivity contribution < 1.29 is 0 Å². The van der Waals surface area contributed by atoms with E-state index in [0.717, 1.165) is 23.7 Å². The molecule has 0 aromatic carbocycles. The maximum atomic E-state index is 2.77. The van der Waals surface area contributed by atoms with Gasteiger partial charge in [-0.25, -0.2) is 0 Å². The van der Waals surface area contributed by atoms with Crippen LogP contribution in [0.1, 0.15) is 92.9 Å². The standard InChI is InChI=1S/C25H40/c1-7-17(2)20-10-11-21-19-9-8-18-16-23(3,4)14-15-24(18,5)22(19)12-13-25(20,21)6/h7,12,18-21H,8-11,13-16H2,1-6H3/t18-,19?,20?,21-,24?,25?/m0/s1. The summed E-state index contributed by atoms with van der Waals surface area (Å²) in [5, 5.41) is 0. The molecule has 0 saturated heterocycles. The van der Waals surface area contributed by atoms with E-state index in [4.69, 9.17) is 0 Å². The fraction of sp³-hybridized carbons (Fsp3) is 0.840. The van der Waals surface area contributed by atoms with Crippen LogP contribution in [0.3, 0.4) is 0 Å². The Morgan fingerprint density at radius 1 is 1.04 bits per heavy atom. The van der Waals surface area contributed by atoms with Crippen LogP contribution in [0.25, 0.3) is 0 Å². The molecule has 0 heterocycles. The summed E-state index contributed by atoms with van der Waals surface area (Å²) in [6.45, 7) is 14.9. The van der Waals surface area contributed by atoms with E-state index in [-0.39, 0.29) is 0 Å². The van der Waals surface area contributed by atoms with Gasteiger partial charge >= 0.3 is 0 Å². The molecule has 3 fully saturated rings. The van der Waals surface area contributed by atoms with Crippen molar-refractivity contribution >= 4 is 0 Å². The van der Waals surface area contributed by atoms with Gasteiger partial charge in [0.25, 0.3) is 0 Å². The third kappa shape index (κ3) is 2.53. The molecule has 140 valence electrons. The minimum atomic E-state index is 0.521. The van der Waals surface area contributed by atoms with Gasteiger partial charge in [0.1, 0.15) is 0 Å². The highest BCUT2D eigenvalue weighted by atomic mass is 14.6. The average molecular weight is 341 g/mol. The summed E-state index contributed by atoms with van der Waals surface area (Å²) in [4.78, 5) is 0. The predicted molar refractivity (Wildman–Crippen MR) is 108 cm³/mol. The molecular weight excluding hydrogens is 300 g/mol. The van der Waals surface area contributed by atoms with Crippen LogP contribution in [0, 0.1) is 39.9 Å². The molecule has 0 bridgehead atoms. The van der Waals surface area contributed by atoms with Crippen molar-refractivity contribution in [3.63, 3.8) is 0 Å². The second-order valence-corrected chi connectivity index (χ2v) is 11.3. The van der Waals surface area contributed by atoms with Crippen molar-refractivity contribution in [1.29, 1.82) is 0 Å². The SMILES string of the molecule is CC=C(C)C1CC[C@H]2C3CC[C@H]4CC(C)(C)CCC4(C)C3=CCC12C. The van der Waals surface area contributed by atoms with Crippen LogP contribution in [0.15, 0.2) is 23.3 Å². The summed E-state index contributed by atoms with van der Waals surface area (Å²) in [6.07, 6.45) is 16.7. The first-order chi connectivity index (χ1) is 11.7. The van der Waals surface area contributed by atoms with Gasteiger partial charge in [0, 0.05) is 0 Å². The topological polar surface area (TPSA) is 0 Å². The third-order valence-electron chi connectivity index (χ3n) is 9.57. The van der Waals surface area contributed by atoms with Crippen molar-refractivity contribution in [2.45, 2.75) is 92.9 Å². The van der Waals surface area contributed by atoms with Crippen molar-refractivity contribution in [2.24, 2.45) is 39.9 Å². The predicted octanol–water partition coefficient (Wildman–Crippen LogP) is 7.56. The van der Waals surface area contributed by atoms with E-state index >= 15 is 0 Å². The number of fused-ring (bicyclic) bond motifs is 5. The van der Waals surface area contributed by atoms with Gasteiger partial charge in [-0.3, -0.25) is 0 Å². The van der Waals surface area contributed by atoms with Crippen LogP contribution in [0.5, 0.6) is 0 Å². The van der Waals surface area contributed by atoms with E-state index in [1.165, 1.54) is 51.4 Å². The van der Waals surface area contributed by atoms with Gasteiger partial charge in [-0.05, 0) is 105 Å². The molecule has 4 unspecified atom stereocenters. The Balaban J connectivity index is 1.67. The molecule has 0 spiro atoms. The Bertz CT molecular complexity index is 606. The molecule has 4 aliphatic rings. The summed E-state index contributed by atoms with van der Waals surface area (Å²) in [5.41, 5.74) is 5.19. The molecule has 0 N–H and O–H groups in total. The highest BCUT2D eigenvalue weighted by molar-refractivity contribution is 5.30. The van der Waals surface area contributed by atoms with Gasteiger partial charge in [0.05, 0.1) is 0 Å². The molecular formula is C25H40. The number of allylic oxidation sites excluding steroid dienone is 4. The molecule has 4 rings (SSSR count). The van der Waals surface area contributed by atoms with E-state index in [9.17, 15) is 0 Å². The quantitative estimate of drug-likeness (QED) is 0.432.